The van der Waals surface area contributed by atoms with Crippen LogP contribution < -0.4 is 4.74 Å². The van der Waals surface area contributed by atoms with Gasteiger partial charge < -0.3 is 19.7 Å². The summed E-state index contributed by atoms with van der Waals surface area (Å²) in [6, 6.07) is 35.7. The summed E-state index contributed by atoms with van der Waals surface area (Å²) >= 11 is 0. The number of phenols is 2. The van der Waals surface area contributed by atoms with E-state index in [-0.39, 0.29) is 23.7 Å². The molecule has 5 nitrogen and oxygen atoms in total. The molecule has 41 heavy (non-hydrogen) atoms. The van der Waals surface area contributed by atoms with E-state index in [1.54, 1.807) is 12.1 Å². The summed E-state index contributed by atoms with van der Waals surface area (Å²) in [5.41, 5.74) is 3.96. The lowest BCUT2D eigenvalue weighted by molar-refractivity contribution is 0.0469. The lowest BCUT2D eigenvalue weighted by atomic mass is 9.90. The molecule has 6 rings (SSSR count). The largest absolute Gasteiger partial charge is 0.507 e. The maximum Gasteiger partial charge on any atom is 0.342 e. The molecule has 2 N–H and O–H groups in total. The Morgan fingerprint density at radius 1 is 0.659 bits per heavy atom. The molecular formula is C36H28O5. The fourth-order valence-corrected chi connectivity index (χ4v) is 5.03. The first-order valence-electron chi connectivity index (χ1n) is 13.4. The van der Waals surface area contributed by atoms with Crippen LogP contribution in [0.25, 0.3) is 32.7 Å². The number of ether oxygens (including phenoxy) is 2. The third-order valence-electron chi connectivity index (χ3n) is 7.22. The summed E-state index contributed by atoms with van der Waals surface area (Å²) < 4.78 is 11.5. The van der Waals surface area contributed by atoms with Crippen LogP contribution in [-0.4, -0.2) is 16.2 Å². The van der Waals surface area contributed by atoms with Crippen LogP contribution in [0, 0.1) is 6.92 Å². The second-order valence-corrected chi connectivity index (χ2v) is 10.0. The van der Waals surface area contributed by atoms with Gasteiger partial charge in [0.1, 0.15) is 36.0 Å². The Bertz CT molecular complexity index is 1870. The normalized spacial score (nSPS) is 11.0. The van der Waals surface area contributed by atoms with Crippen LogP contribution in [0.3, 0.4) is 0 Å². The van der Waals surface area contributed by atoms with Crippen molar-refractivity contribution in [3.8, 4) is 28.4 Å². The highest BCUT2D eigenvalue weighted by atomic mass is 16.5. The van der Waals surface area contributed by atoms with Crippen LogP contribution >= 0.6 is 0 Å². The molecule has 0 bridgehead atoms. The molecule has 202 valence electrons. The second kappa shape index (κ2) is 11.1. The summed E-state index contributed by atoms with van der Waals surface area (Å²) in [5, 5.41) is 25.5. The Morgan fingerprint density at radius 3 is 2.00 bits per heavy atom. The van der Waals surface area contributed by atoms with E-state index in [1.807, 2.05) is 97.9 Å². The standard InChI is InChI=1S/C36H28O5/c1-23-10-12-24(13-11-23)21-40-28-17-14-25(15-18-28)22-41-36(39)31-20-27-7-3-5-9-30(27)34(35(31)38)33-29-8-4-2-6-26(29)16-19-32(33)37/h2-20,37-38H,21-22H2,1H3. The monoisotopic (exact) mass is 540 g/mol. The number of aromatic hydroxyl groups is 2. The van der Waals surface area contributed by atoms with Gasteiger partial charge in [0, 0.05) is 11.1 Å². The van der Waals surface area contributed by atoms with Crippen molar-refractivity contribution in [3.05, 3.63) is 138 Å². The van der Waals surface area contributed by atoms with Crippen LogP contribution in [0.15, 0.2) is 115 Å². The number of hydrogen-bond acceptors (Lipinski definition) is 5. The van der Waals surface area contributed by atoms with Gasteiger partial charge in [-0.3, -0.25) is 0 Å². The molecule has 0 aromatic heterocycles. The van der Waals surface area contributed by atoms with Gasteiger partial charge in [0.25, 0.3) is 0 Å². The second-order valence-electron chi connectivity index (χ2n) is 10.0. The lowest BCUT2D eigenvalue weighted by Gasteiger charge is -2.17. The summed E-state index contributed by atoms with van der Waals surface area (Å²) in [6.07, 6.45) is 0. The molecule has 0 amide bonds. The van der Waals surface area contributed by atoms with Crippen molar-refractivity contribution in [3.63, 3.8) is 0 Å². The van der Waals surface area contributed by atoms with E-state index in [0.29, 0.717) is 23.5 Å². The molecular weight excluding hydrogens is 512 g/mol. The van der Waals surface area contributed by atoms with E-state index < -0.39 is 5.97 Å². The van der Waals surface area contributed by atoms with Crippen LogP contribution in [0.5, 0.6) is 17.2 Å². The minimum absolute atomic E-state index is 0.0133. The topological polar surface area (TPSA) is 76.0 Å². The smallest absolute Gasteiger partial charge is 0.342 e. The van der Waals surface area contributed by atoms with Gasteiger partial charge in [-0.1, -0.05) is 96.6 Å². The van der Waals surface area contributed by atoms with Gasteiger partial charge in [-0.15, -0.1) is 0 Å². The van der Waals surface area contributed by atoms with Gasteiger partial charge in [0.05, 0.1) is 0 Å². The maximum atomic E-state index is 13.3. The number of carbonyl (C=O) groups excluding carboxylic acids is 1. The Hall–Kier alpha value is -5.29. The SMILES string of the molecule is Cc1ccc(COc2ccc(COC(=O)c3cc4ccccc4c(-c4c(O)ccc5ccccc45)c3O)cc2)cc1. The molecule has 0 atom stereocenters. The van der Waals surface area contributed by atoms with Crippen molar-refractivity contribution in [2.45, 2.75) is 20.1 Å². The number of aryl methyl sites for hydroxylation is 1. The third-order valence-corrected chi connectivity index (χ3v) is 7.22. The van der Waals surface area contributed by atoms with E-state index in [1.165, 1.54) is 5.56 Å². The van der Waals surface area contributed by atoms with Gasteiger partial charge in [0.2, 0.25) is 0 Å². The van der Waals surface area contributed by atoms with E-state index in [0.717, 1.165) is 32.7 Å². The Kier molecular flexibility index (Phi) is 7.00. The Labute approximate surface area is 237 Å². The zero-order chi connectivity index (χ0) is 28.3. The molecule has 0 aliphatic carbocycles. The Morgan fingerprint density at radius 2 is 1.27 bits per heavy atom. The van der Waals surface area contributed by atoms with Gasteiger partial charge in [-0.2, -0.15) is 0 Å². The van der Waals surface area contributed by atoms with Crippen molar-refractivity contribution in [2.24, 2.45) is 0 Å². The van der Waals surface area contributed by atoms with Gasteiger partial charge in [0.15, 0.2) is 0 Å². The van der Waals surface area contributed by atoms with E-state index in [4.69, 9.17) is 9.47 Å². The van der Waals surface area contributed by atoms with E-state index >= 15 is 0 Å². The highest BCUT2D eigenvalue weighted by molar-refractivity contribution is 6.13. The number of rotatable bonds is 7. The predicted molar refractivity (Wildman–Crippen MR) is 161 cm³/mol. The van der Waals surface area contributed by atoms with Gasteiger partial charge in [-0.05, 0) is 63.9 Å². The minimum atomic E-state index is -0.658. The number of benzene rings is 6. The molecule has 6 aromatic carbocycles. The van der Waals surface area contributed by atoms with Gasteiger partial charge >= 0.3 is 5.97 Å². The number of carbonyl (C=O) groups is 1. The number of hydrogen-bond donors (Lipinski definition) is 2. The molecule has 0 saturated carbocycles. The molecule has 0 saturated heterocycles. The number of fused-ring (bicyclic) bond motifs is 2. The fourth-order valence-electron chi connectivity index (χ4n) is 5.03. The van der Waals surface area contributed by atoms with Crippen molar-refractivity contribution in [1.82, 2.24) is 0 Å². The molecule has 0 aliphatic rings. The first kappa shape index (κ1) is 26.0. The van der Waals surface area contributed by atoms with E-state index in [9.17, 15) is 15.0 Å². The fraction of sp³-hybridized carbons (Fsp3) is 0.0833. The maximum absolute atomic E-state index is 13.3. The zero-order valence-corrected chi connectivity index (χ0v) is 22.5. The highest BCUT2D eigenvalue weighted by Crippen LogP contribution is 2.46. The van der Waals surface area contributed by atoms with Crippen LogP contribution in [0.1, 0.15) is 27.0 Å². The lowest BCUT2D eigenvalue weighted by Crippen LogP contribution is -2.06. The molecule has 0 radical (unpaired) electrons. The molecule has 5 heteroatoms. The molecule has 0 unspecified atom stereocenters. The first-order chi connectivity index (χ1) is 20.0. The Balaban J connectivity index is 1.25. The molecule has 6 aromatic rings. The summed E-state index contributed by atoms with van der Waals surface area (Å²) in [6.45, 7) is 2.54. The first-order valence-corrected chi connectivity index (χ1v) is 13.4. The van der Waals surface area contributed by atoms with Gasteiger partial charge in [-0.25, -0.2) is 4.79 Å². The van der Waals surface area contributed by atoms with Crippen molar-refractivity contribution in [2.75, 3.05) is 0 Å². The molecule has 0 heterocycles. The summed E-state index contributed by atoms with van der Waals surface area (Å²) in [5.74, 6) is -0.166. The average Bonchev–Trinajstić information content (AvgIpc) is 3.00. The van der Waals surface area contributed by atoms with Crippen molar-refractivity contribution < 1.29 is 24.5 Å². The summed E-state index contributed by atoms with van der Waals surface area (Å²) in [4.78, 5) is 13.3. The minimum Gasteiger partial charge on any atom is -0.507 e. The third kappa shape index (κ3) is 5.30. The molecule has 0 aliphatic heterocycles. The number of esters is 1. The average molecular weight is 541 g/mol. The number of phenolic OH excluding ortho intramolecular Hbond substituents is 2. The predicted octanol–water partition coefficient (Wildman–Crippen LogP) is 8.32. The highest BCUT2D eigenvalue weighted by Gasteiger charge is 2.23. The zero-order valence-electron chi connectivity index (χ0n) is 22.5. The van der Waals surface area contributed by atoms with Crippen molar-refractivity contribution in [1.29, 1.82) is 0 Å². The molecule has 0 spiro atoms. The van der Waals surface area contributed by atoms with Crippen LogP contribution in [0.4, 0.5) is 0 Å². The molecule has 0 fully saturated rings. The van der Waals surface area contributed by atoms with Crippen LogP contribution in [0.2, 0.25) is 0 Å². The van der Waals surface area contributed by atoms with Crippen LogP contribution in [-0.2, 0) is 18.0 Å². The summed E-state index contributed by atoms with van der Waals surface area (Å²) in [7, 11) is 0. The van der Waals surface area contributed by atoms with E-state index in [2.05, 4.69) is 12.1 Å². The quantitative estimate of drug-likeness (QED) is 0.199. The van der Waals surface area contributed by atoms with Crippen molar-refractivity contribution >= 4 is 27.5 Å².